The number of nitrogen functional groups attached to an aromatic ring is 1. The van der Waals surface area contributed by atoms with Gasteiger partial charge in [0.15, 0.2) is 0 Å². The first-order valence-corrected chi connectivity index (χ1v) is 5.87. The molecular formula is C15H17NO2. The Kier molecular flexibility index (Phi) is 2.77. The molecule has 94 valence electrons. The lowest BCUT2D eigenvalue weighted by Gasteiger charge is -2.23. The molecule has 3 nitrogen and oxygen atoms in total. The van der Waals surface area contributed by atoms with Crippen molar-refractivity contribution in [3.05, 3.63) is 41.5 Å². The first kappa shape index (κ1) is 12.4. The number of nitrogens with two attached hydrogens (primary N) is 1. The van der Waals surface area contributed by atoms with Crippen LogP contribution in [0, 0.1) is 0 Å². The van der Waals surface area contributed by atoms with Gasteiger partial charge in [-0.05, 0) is 22.4 Å². The molecule has 0 aliphatic heterocycles. The van der Waals surface area contributed by atoms with Crippen molar-refractivity contribution in [3.8, 4) is 0 Å². The highest BCUT2D eigenvalue weighted by atomic mass is 16.4. The Morgan fingerprint density at radius 1 is 1.17 bits per heavy atom. The van der Waals surface area contributed by atoms with E-state index in [1.165, 1.54) is 0 Å². The standard InChI is InChI=1S/C15H17NO2/c1-15(2,3)10-8-7-9-5-4-6-11(16)12(9)13(10)14(17)18/h4-8H,16H2,1-3H3,(H,17,18). The van der Waals surface area contributed by atoms with Crippen LogP contribution in [-0.2, 0) is 5.41 Å². The second-order valence-corrected chi connectivity index (χ2v) is 5.49. The normalized spacial score (nSPS) is 11.7. The lowest BCUT2D eigenvalue weighted by Crippen LogP contribution is -2.17. The van der Waals surface area contributed by atoms with Gasteiger partial charge in [-0.2, -0.15) is 0 Å². The van der Waals surface area contributed by atoms with Gasteiger partial charge in [-0.25, -0.2) is 4.79 Å². The zero-order chi connectivity index (χ0) is 13.5. The van der Waals surface area contributed by atoms with Crippen LogP contribution in [-0.4, -0.2) is 11.1 Å². The molecule has 0 amide bonds. The van der Waals surface area contributed by atoms with Crippen molar-refractivity contribution < 1.29 is 9.90 Å². The number of fused-ring (bicyclic) bond motifs is 1. The maximum Gasteiger partial charge on any atom is 0.336 e. The number of aromatic carboxylic acids is 1. The Hall–Kier alpha value is -2.03. The second-order valence-electron chi connectivity index (χ2n) is 5.49. The molecule has 0 unspecified atom stereocenters. The van der Waals surface area contributed by atoms with Crippen LogP contribution in [0.2, 0.25) is 0 Å². The van der Waals surface area contributed by atoms with E-state index in [1.807, 2.05) is 45.0 Å². The van der Waals surface area contributed by atoms with E-state index in [0.29, 0.717) is 16.6 Å². The number of hydrogen-bond acceptors (Lipinski definition) is 2. The minimum atomic E-state index is -0.927. The molecule has 3 N–H and O–H groups in total. The predicted octanol–water partition coefficient (Wildman–Crippen LogP) is 3.42. The van der Waals surface area contributed by atoms with Crippen LogP contribution in [0.3, 0.4) is 0 Å². The Balaban J connectivity index is 2.96. The summed E-state index contributed by atoms with van der Waals surface area (Å²) in [4.78, 5) is 11.6. The van der Waals surface area contributed by atoms with Crippen LogP contribution in [0.25, 0.3) is 10.8 Å². The highest BCUT2D eigenvalue weighted by Gasteiger charge is 2.24. The molecule has 2 aromatic carbocycles. The minimum Gasteiger partial charge on any atom is -0.478 e. The van der Waals surface area contributed by atoms with Gasteiger partial charge < -0.3 is 10.8 Å². The molecule has 0 fully saturated rings. The van der Waals surface area contributed by atoms with Crippen molar-refractivity contribution in [3.63, 3.8) is 0 Å². The molecule has 0 aromatic heterocycles. The van der Waals surface area contributed by atoms with Crippen LogP contribution in [0.5, 0.6) is 0 Å². The Labute approximate surface area is 106 Å². The molecule has 0 radical (unpaired) electrons. The van der Waals surface area contributed by atoms with Crippen LogP contribution >= 0.6 is 0 Å². The molecule has 2 rings (SSSR count). The SMILES string of the molecule is CC(C)(C)c1ccc2cccc(N)c2c1C(=O)O. The van der Waals surface area contributed by atoms with Gasteiger partial charge in [0.25, 0.3) is 0 Å². The molecule has 0 saturated carbocycles. The van der Waals surface area contributed by atoms with Crippen LogP contribution < -0.4 is 5.73 Å². The zero-order valence-corrected chi connectivity index (χ0v) is 10.8. The average molecular weight is 243 g/mol. The molecule has 0 atom stereocenters. The molecule has 2 aromatic rings. The topological polar surface area (TPSA) is 63.3 Å². The summed E-state index contributed by atoms with van der Waals surface area (Å²) in [5.41, 5.74) is 7.35. The van der Waals surface area contributed by atoms with Crippen molar-refractivity contribution in [1.82, 2.24) is 0 Å². The first-order chi connectivity index (χ1) is 8.32. The van der Waals surface area contributed by atoms with Crippen molar-refractivity contribution in [2.45, 2.75) is 26.2 Å². The van der Waals surface area contributed by atoms with E-state index in [0.717, 1.165) is 10.9 Å². The lowest BCUT2D eigenvalue weighted by atomic mass is 9.81. The molecule has 18 heavy (non-hydrogen) atoms. The number of rotatable bonds is 1. The van der Waals surface area contributed by atoms with E-state index in [-0.39, 0.29) is 5.41 Å². The number of hydrogen-bond donors (Lipinski definition) is 2. The Morgan fingerprint density at radius 2 is 1.83 bits per heavy atom. The maximum atomic E-state index is 11.6. The molecule has 0 saturated heterocycles. The van der Waals surface area contributed by atoms with Crippen molar-refractivity contribution in [2.24, 2.45) is 0 Å². The van der Waals surface area contributed by atoms with E-state index < -0.39 is 5.97 Å². The van der Waals surface area contributed by atoms with E-state index in [9.17, 15) is 9.90 Å². The number of benzene rings is 2. The highest BCUT2D eigenvalue weighted by Crippen LogP contribution is 2.34. The number of carbonyl (C=O) groups is 1. The summed E-state index contributed by atoms with van der Waals surface area (Å²) in [5.74, 6) is -0.927. The molecule has 0 aliphatic carbocycles. The number of carboxylic acid groups (broad SMARTS) is 1. The third-order valence-electron chi connectivity index (χ3n) is 3.10. The van der Waals surface area contributed by atoms with Gasteiger partial charge in [0.05, 0.1) is 5.56 Å². The summed E-state index contributed by atoms with van der Waals surface area (Å²) < 4.78 is 0. The largest absolute Gasteiger partial charge is 0.478 e. The molecule has 0 spiro atoms. The van der Waals surface area contributed by atoms with Gasteiger partial charge in [-0.15, -0.1) is 0 Å². The smallest absolute Gasteiger partial charge is 0.336 e. The quantitative estimate of drug-likeness (QED) is 0.754. The van der Waals surface area contributed by atoms with Crippen molar-refractivity contribution in [1.29, 1.82) is 0 Å². The summed E-state index contributed by atoms with van der Waals surface area (Å²) in [6.07, 6.45) is 0. The first-order valence-electron chi connectivity index (χ1n) is 5.87. The fourth-order valence-electron chi connectivity index (χ4n) is 2.25. The Morgan fingerprint density at radius 3 is 2.39 bits per heavy atom. The number of carboxylic acids is 1. The van der Waals surface area contributed by atoms with Gasteiger partial charge in [0, 0.05) is 11.1 Å². The zero-order valence-electron chi connectivity index (χ0n) is 10.8. The molecule has 0 heterocycles. The number of anilines is 1. The van der Waals surface area contributed by atoms with Gasteiger partial charge in [-0.3, -0.25) is 0 Å². The second kappa shape index (κ2) is 4.02. The van der Waals surface area contributed by atoms with Gasteiger partial charge >= 0.3 is 5.97 Å². The van der Waals surface area contributed by atoms with Gasteiger partial charge in [0.2, 0.25) is 0 Å². The molecule has 0 bridgehead atoms. The maximum absolute atomic E-state index is 11.6. The monoisotopic (exact) mass is 243 g/mol. The van der Waals surface area contributed by atoms with Crippen LogP contribution in [0.1, 0.15) is 36.7 Å². The summed E-state index contributed by atoms with van der Waals surface area (Å²) in [6.45, 7) is 6.00. The predicted molar refractivity (Wildman–Crippen MR) is 74.0 cm³/mol. The van der Waals surface area contributed by atoms with E-state index >= 15 is 0 Å². The summed E-state index contributed by atoms with van der Waals surface area (Å²) in [7, 11) is 0. The lowest BCUT2D eigenvalue weighted by molar-refractivity contribution is 0.0696. The third-order valence-corrected chi connectivity index (χ3v) is 3.10. The highest BCUT2D eigenvalue weighted by molar-refractivity contribution is 6.10. The van der Waals surface area contributed by atoms with Gasteiger partial charge in [0.1, 0.15) is 0 Å². The fraction of sp³-hybridized carbons (Fsp3) is 0.267. The Bertz CT molecular complexity index is 624. The fourth-order valence-corrected chi connectivity index (χ4v) is 2.25. The van der Waals surface area contributed by atoms with Crippen LogP contribution in [0.4, 0.5) is 5.69 Å². The summed E-state index contributed by atoms with van der Waals surface area (Å²) in [5, 5.41) is 11.0. The molecule has 3 heteroatoms. The minimum absolute atomic E-state index is 0.232. The van der Waals surface area contributed by atoms with Crippen LogP contribution in [0.15, 0.2) is 30.3 Å². The molecule has 0 aliphatic rings. The third kappa shape index (κ3) is 1.92. The average Bonchev–Trinajstić information content (AvgIpc) is 2.26. The van der Waals surface area contributed by atoms with Crippen molar-refractivity contribution in [2.75, 3.05) is 5.73 Å². The van der Waals surface area contributed by atoms with E-state index in [2.05, 4.69) is 0 Å². The summed E-state index contributed by atoms with van der Waals surface area (Å²) in [6, 6.07) is 9.26. The molecular weight excluding hydrogens is 226 g/mol. The van der Waals surface area contributed by atoms with Crippen molar-refractivity contribution >= 4 is 22.4 Å². The summed E-state index contributed by atoms with van der Waals surface area (Å²) >= 11 is 0. The van der Waals surface area contributed by atoms with Gasteiger partial charge in [-0.1, -0.05) is 45.0 Å². The van der Waals surface area contributed by atoms with E-state index in [4.69, 9.17) is 5.73 Å². The van der Waals surface area contributed by atoms with E-state index in [1.54, 1.807) is 6.07 Å².